The van der Waals surface area contributed by atoms with Gasteiger partial charge in [-0.2, -0.15) is 0 Å². The molecule has 1 aromatic carbocycles. The Kier molecular flexibility index (Phi) is 5.16. The predicted octanol–water partition coefficient (Wildman–Crippen LogP) is 1.56. The average Bonchev–Trinajstić information content (AvgIpc) is 3.09. The summed E-state index contributed by atoms with van der Waals surface area (Å²) in [6, 6.07) is 7.46. The van der Waals surface area contributed by atoms with Crippen molar-refractivity contribution in [2.75, 3.05) is 32.1 Å². The SMILES string of the molecule is CC(=O)N[C@@H]1CCN(C(=O)c2cccc(-c3cncc(N(C)C)n3)c2)C1. The zero-order chi connectivity index (χ0) is 18.7. The second-order valence-electron chi connectivity index (χ2n) is 6.68. The zero-order valence-electron chi connectivity index (χ0n) is 15.3. The first-order valence-electron chi connectivity index (χ1n) is 8.60. The number of nitrogens with zero attached hydrogens (tertiary/aromatic N) is 4. The third-order valence-electron chi connectivity index (χ3n) is 4.37. The van der Waals surface area contributed by atoms with Crippen LogP contribution in [0, 0.1) is 0 Å². The Hall–Kier alpha value is -2.96. The van der Waals surface area contributed by atoms with Gasteiger partial charge < -0.3 is 15.1 Å². The lowest BCUT2D eigenvalue weighted by Crippen LogP contribution is -2.37. The normalized spacial score (nSPS) is 16.4. The summed E-state index contributed by atoms with van der Waals surface area (Å²) in [5.74, 6) is 0.666. The summed E-state index contributed by atoms with van der Waals surface area (Å²) < 4.78 is 0. The van der Waals surface area contributed by atoms with Crippen LogP contribution in [0.1, 0.15) is 23.7 Å². The summed E-state index contributed by atoms with van der Waals surface area (Å²) in [5, 5.41) is 2.88. The van der Waals surface area contributed by atoms with Crippen LogP contribution in [0.5, 0.6) is 0 Å². The van der Waals surface area contributed by atoms with E-state index in [1.165, 1.54) is 6.92 Å². The molecular formula is C19H23N5O2. The molecule has 0 spiro atoms. The Bertz CT molecular complexity index is 821. The molecule has 0 saturated carbocycles. The molecule has 1 fully saturated rings. The maximum Gasteiger partial charge on any atom is 0.253 e. The number of carbonyl (C=O) groups excluding carboxylic acids is 2. The van der Waals surface area contributed by atoms with Crippen molar-refractivity contribution in [2.45, 2.75) is 19.4 Å². The van der Waals surface area contributed by atoms with Crippen molar-refractivity contribution >= 4 is 17.6 Å². The monoisotopic (exact) mass is 353 g/mol. The number of benzene rings is 1. The molecule has 2 aromatic rings. The number of nitrogens with one attached hydrogen (secondary N) is 1. The number of amides is 2. The number of rotatable bonds is 4. The smallest absolute Gasteiger partial charge is 0.253 e. The molecule has 0 bridgehead atoms. The van der Waals surface area contributed by atoms with Crippen LogP contribution in [0.25, 0.3) is 11.3 Å². The number of hydrogen-bond donors (Lipinski definition) is 1. The molecule has 1 saturated heterocycles. The Morgan fingerprint density at radius 2 is 2.08 bits per heavy atom. The highest BCUT2D eigenvalue weighted by Crippen LogP contribution is 2.21. The Morgan fingerprint density at radius 3 is 2.81 bits per heavy atom. The number of aromatic nitrogens is 2. The second-order valence-corrected chi connectivity index (χ2v) is 6.68. The minimum atomic E-state index is -0.0642. The molecule has 2 heterocycles. The van der Waals surface area contributed by atoms with E-state index in [2.05, 4.69) is 15.3 Å². The van der Waals surface area contributed by atoms with Crippen LogP contribution >= 0.6 is 0 Å². The standard InChI is InChI=1S/C19H23N5O2/c1-13(25)21-16-7-8-24(12-16)19(26)15-6-4-5-14(9-15)17-10-20-11-18(22-17)23(2)3/h4-6,9-11,16H,7-8,12H2,1-3H3,(H,21,25)/t16-/m1/s1. The molecule has 0 unspecified atom stereocenters. The van der Waals surface area contributed by atoms with Gasteiger partial charge in [0.1, 0.15) is 5.82 Å². The Balaban J connectivity index is 1.78. The summed E-state index contributed by atoms with van der Waals surface area (Å²) in [6.07, 6.45) is 4.17. The molecule has 1 atom stereocenters. The molecule has 3 rings (SSSR count). The molecule has 7 nitrogen and oxygen atoms in total. The summed E-state index contributed by atoms with van der Waals surface area (Å²) >= 11 is 0. The fourth-order valence-corrected chi connectivity index (χ4v) is 3.05. The number of hydrogen-bond acceptors (Lipinski definition) is 5. The predicted molar refractivity (Wildman–Crippen MR) is 99.9 cm³/mol. The molecule has 1 aliphatic heterocycles. The van der Waals surface area contributed by atoms with E-state index in [0.717, 1.165) is 23.5 Å². The quantitative estimate of drug-likeness (QED) is 0.902. The van der Waals surface area contributed by atoms with Crippen LogP contribution < -0.4 is 10.2 Å². The van der Waals surface area contributed by atoms with Crippen LogP contribution in [0.15, 0.2) is 36.7 Å². The lowest BCUT2D eigenvalue weighted by atomic mass is 10.1. The van der Waals surface area contributed by atoms with Crippen LogP contribution in [0.3, 0.4) is 0 Å². The molecule has 1 N–H and O–H groups in total. The molecular weight excluding hydrogens is 330 g/mol. The largest absolute Gasteiger partial charge is 0.361 e. The minimum Gasteiger partial charge on any atom is -0.361 e. The highest BCUT2D eigenvalue weighted by Gasteiger charge is 2.27. The summed E-state index contributed by atoms with van der Waals surface area (Å²) in [5.41, 5.74) is 2.19. The number of anilines is 1. The minimum absolute atomic E-state index is 0.0299. The van der Waals surface area contributed by atoms with Crippen LogP contribution in [0.2, 0.25) is 0 Å². The van der Waals surface area contributed by atoms with Gasteiger partial charge in [-0.3, -0.25) is 14.6 Å². The van der Waals surface area contributed by atoms with E-state index < -0.39 is 0 Å². The van der Waals surface area contributed by atoms with Gasteiger partial charge in [-0.25, -0.2) is 4.98 Å². The average molecular weight is 353 g/mol. The van der Waals surface area contributed by atoms with Crippen molar-refractivity contribution in [1.82, 2.24) is 20.2 Å². The van der Waals surface area contributed by atoms with Crippen molar-refractivity contribution in [2.24, 2.45) is 0 Å². The van der Waals surface area contributed by atoms with Crippen molar-refractivity contribution in [3.63, 3.8) is 0 Å². The third-order valence-corrected chi connectivity index (χ3v) is 4.37. The van der Waals surface area contributed by atoms with E-state index >= 15 is 0 Å². The summed E-state index contributed by atoms with van der Waals surface area (Å²) in [6.45, 7) is 2.68. The lowest BCUT2D eigenvalue weighted by molar-refractivity contribution is -0.119. The topological polar surface area (TPSA) is 78.4 Å². The van der Waals surface area contributed by atoms with Gasteiger partial charge >= 0.3 is 0 Å². The van der Waals surface area contributed by atoms with Crippen LogP contribution in [-0.4, -0.2) is 59.9 Å². The van der Waals surface area contributed by atoms with E-state index in [1.54, 1.807) is 23.4 Å². The Morgan fingerprint density at radius 1 is 1.27 bits per heavy atom. The molecule has 136 valence electrons. The summed E-state index contributed by atoms with van der Waals surface area (Å²) in [7, 11) is 3.82. The van der Waals surface area contributed by atoms with E-state index in [4.69, 9.17) is 0 Å². The summed E-state index contributed by atoms with van der Waals surface area (Å²) in [4.78, 5) is 36.5. The first-order chi connectivity index (χ1) is 12.4. The van der Waals surface area contributed by atoms with Gasteiger partial charge in [0.2, 0.25) is 5.91 Å². The maximum absolute atomic E-state index is 12.8. The zero-order valence-corrected chi connectivity index (χ0v) is 15.3. The fraction of sp³-hybridized carbons (Fsp3) is 0.368. The number of likely N-dealkylation sites (tertiary alicyclic amines) is 1. The molecule has 0 radical (unpaired) electrons. The fourth-order valence-electron chi connectivity index (χ4n) is 3.05. The highest BCUT2D eigenvalue weighted by molar-refractivity contribution is 5.95. The van der Waals surface area contributed by atoms with Gasteiger partial charge in [0.15, 0.2) is 0 Å². The molecule has 0 aliphatic carbocycles. The van der Waals surface area contributed by atoms with Gasteiger partial charge in [-0.1, -0.05) is 12.1 Å². The van der Waals surface area contributed by atoms with Crippen molar-refractivity contribution in [3.05, 3.63) is 42.2 Å². The molecule has 2 amide bonds. The molecule has 1 aliphatic rings. The first-order valence-corrected chi connectivity index (χ1v) is 8.60. The van der Waals surface area contributed by atoms with E-state index in [9.17, 15) is 9.59 Å². The van der Waals surface area contributed by atoms with Gasteiger partial charge in [0.25, 0.3) is 5.91 Å². The van der Waals surface area contributed by atoms with E-state index in [1.807, 2.05) is 37.2 Å². The van der Waals surface area contributed by atoms with Crippen LogP contribution in [-0.2, 0) is 4.79 Å². The van der Waals surface area contributed by atoms with Crippen molar-refractivity contribution in [1.29, 1.82) is 0 Å². The Labute approximate surface area is 153 Å². The first kappa shape index (κ1) is 17.8. The van der Waals surface area contributed by atoms with Crippen LogP contribution in [0.4, 0.5) is 5.82 Å². The van der Waals surface area contributed by atoms with E-state index in [-0.39, 0.29) is 17.9 Å². The molecule has 1 aromatic heterocycles. The van der Waals surface area contributed by atoms with Crippen molar-refractivity contribution < 1.29 is 9.59 Å². The second kappa shape index (κ2) is 7.51. The molecule has 7 heteroatoms. The molecule has 26 heavy (non-hydrogen) atoms. The van der Waals surface area contributed by atoms with Gasteiger partial charge in [-0.15, -0.1) is 0 Å². The third kappa shape index (κ3) is 3.99. The van der Waals surface area contributed by atoms with Crippen molar-refractivity contribution in [3.8, 4) is 11.3 Å². The lowest BCUT2D eigenvalue weighted by Gasteiger charge is -2.17. The number of carbonyl (C=O) groups is 2. The highest BCUT2D eigenvalue weighted by atomic mass is 16.2. The van der Waals surface area contributed by atoms with Gasteiger partial charge in [0.05, 0.1) is 18.1 Å². The van der Waals surface area contributed by atoms with Gasteiger partial charge in [-0.05, 0) is 18.6 Å². The maximum atomic E-state index is 12.8. The van der Waals surface area contributed by atoms with E-state index in [0.29, 0.717) is 18.7 Å². The van der Waals surface area contributed by atoms with Gasteiger partial charge in [0, 0.05) is 51.3 Å².